The van der Waals surface area contributed by atoms with E-state index in [-0.39, 0.29) is 0 Å². The zero-order valence-corrected chi connectivity index (χ0v) is 22.8. The van der Waals surface area contributed by atoms with E-state index < -0.39 is 0 Å². The third kappa shape index (κ3) is 5.36. The Morgan fingerprint density at radius 2 is 0.976 bits per heavy atom. The molecule has 0 aliphatic rings. The van der Waals surface area contributed by atoms with Crippen LogP contribution in [0, 0.1) is 0 Å². The number of hydrogen-bond donors (Lipinski definition) is 0. The normalized spacial score (nSPS) is 11.0. The lowest BCUT2D eigenvalue weighted by Gasteiger charge is -2.11. The van der Waals surface area contributed by atoms with Crippen molar-refractivity contribution in [1.29, 1.82) is 0 Å². The van der Waals surface area contributed by atoms with Crippen molar-refractivity contribution < 1.29 is 4.74 Å². The van der Waals surface area contributed by atoms with Gasteiger partial charge in [-0.05, 0) is 23.8 Å². The second-order valence-electron chi connectivity index (χ2n) is 9.92. The Morgan fingerprint density at radius 1 is 0.429 bits per heavy atom. The van der Waals surface area contributed by atoms with Crippen LogP contribution in [0.1, 0.15) is 5.56 Å². The lowest BCUT2D eigenvalue weighted by molar-refractivity contribution is 0.309. The minimum Gasteiger partial charge on any atom is -0.487 e. The van der Waals surface area contributed by atoms with Crippen molar-refractivity contribution in [1.82, 2.24) is 19.9 Å². The zero-order valence-electron chi connectivity index (χ0n) is 22.8. The molecule has 0 saturated heterocycles. The quantitative estimate of drug-likeness (QED) is 0.202. The SMILES string of the molecule is c1ccc(COc2cccc3ccc(-c4cccc(-c5nc(-c6ccccc6)nc(-c6ccccc6)n5)c4)nc23)cc1. The van der Waals surface area contributed by atoms with Crippen LogP contribution >= 0.6 is 0 Å². The summed E-state index contributed by atoms with van der Waals surface area (Å²) in [4.78, 5) is 19.6. The van der Waals surface area contributed by atoms with E-state index in [4.69, 9.17) is 24.7 Å². The third-order valence-electron chi connectivity index (χ3n) is 7.04. The average Bonchev–Trinajstić information content (AvgIpc) is 3.08. The fourth-order valence-electron chi connectivity index (χ4n) is 4.89. The molecular weight excluding hydrogens is 516 g/mol. The molecule has 0 aliphatic carbocycles. The van der Waals surface area contributed by atoms with Crippen LogP contribution in [0.2, 0.25) is 0 Å². The van der Waals surface area contributed by atoms with Crippen LogP contribution in [0.15, 0.2) is 146 Å². The van der Waals surface area contributed by atoms with Gasteiger partial charge in [-0.15, -0.1) is 0 Å². The van der Waals surface area contributed by atoms with E-state index in [1.54, 1.807) is 0 Å². The first-order chi connectivity index (χ1) is 20.8. The number of nitrogens with zero attached hydrogens (tertiary/aromatic N) is 4. The molecule has 0 radical (unpaired) electrons. The molecule has 7 rings (SSSR count). The van der Waals surface area contributed by atoms with Gasteiger partial charge in [-0.1, -0.05) is 127 Å². The van der Waals surface area contributed by atoms with E-state index in [0.29, 0.717) is 24.1 Å². The molecule has 5 aromatic carbocycles. The highest BCUT2D eigenvalue weighted by Crippen LogP contribution is 2.31. The Bertz CT molecular complexity index is 1920. The molecule has 5 heteroatoms. The maximum Gasteiger partial charge on any atom is 0.164 e. The summed E-state index contributed by atoms with van der Waals surface area (Å²) in [5.41, 5.74) is 6.52. The summed E-state index contributed by atoms with van der Waals surface area (Å²) in [7, 11) is 0. The lowest BCUT2D eigenvalue weighted by Crippen LogP contribution is -2.00. The van der Waals surface area contributed by atoms with E-state index in [1.807, 2.05) is 109 Å². The highest BCUT2D eigenvalue weighted by molar-refractivity contribution is 5.87. The van der Waals surface area contributed by atoms with Gasteiger partial charge >= 0.3 is 0 Å². The minimum absolute atomic E-state index is 0.480. The summed E-state index contributed by atoms with van der Waals surface area (Å²) < 4.78 is 6.21. The van der Waals surface area contributed by atoms with Gasteiger partial charge in [-0.3, -0.25) is 0 Å². The predicted octanol–water partition coefficient (Wildman–Crippen LogP) is 8.67. The predicted molar refractivity (Wildman–Crippen MR) is 168 cm³/mol. The van der Waals surface area contributed by atoms with Gasteiger partial charge < -0.3 is 4.74 Å². The van der Waals surface area contributed by atoms with E-state index in [0.717, 1.165) is 50.2 Å². The summed E-state index contributed by atoms with van der Waals surface area (Å²) >= 11 is 0. The molecule has 5 nitrogen and oxygen atoms in total. The van der Waals surface area contributed by atoms with Gasteiger partial charge in [0.1, 0.15) is 17.9 Å². The summed E-state index contributed by atoms with van der Waals surface area (Å²) in [6, 6.07) is 48.5. The van der Waals surface area contributed by atoms with Crippen LogP contribution in [-0.4, -0.2) is 19.9 Å². The first-order valence-corrected chi connectivity index (χ1v) is 13.8. The van der Waals surface area contributed by atoms with Crippen LogP contribution in [0.4, 0.5) is 0 Å². The van der Waals surface area contributed by atoms with Gasteiger partial charge in [0, 0.05) is 27.6 Å². The van der Waals surface area contributed by atoms with Crippen LogP contribution in [0.25, 0.3) is 56.3 Å². The Labute approximate surface area is 244 Å². The second-order valence-corrected chi connectivity index (χ2v) is 9.92. The molecule has 0 fully saturated rings. The standard InChI is InChI=1S/C37H26N4O/c1-4-12-26(13-5-1)25-42-33-21-11-18-27-22-23-32(38-34(27)33)30-19-10-20-31(24-30)37-40-35(28-14-6-2-7-15-28)39-36(41-37)29-16-8-3-9-17-29/h1-24H,25H2. The van der Waals surface area contributed by atoms with Crippen molar-refractivity contribution in [3.8, 4) is 51.2 Å². The minimum atomic E-state index is 0.480. The van der Waals surface area contributed by atoms with Crippen molar-refractivity contribution in [2.75, 3.05) is 0 Å². The van der Waals surface area contributed by atoms with Gasteiger partial charge in [0.2, 0.25) is 0 Å². The lowest BCUT2D eigenvalue weighted by atomic mass is 10.1. The second kappa shape index (κ2) is 11.4. The number of hydrogen-bond acceptors (Lipinski definition) is 5. The molecule has 7 aromatic rings. The van der Waals surface area contributed by atoms with Crippen LogP contribution in [-0.2, 0) is 6.61 Å². The van der Waals surface area contributed by atoms with E-state index >= 15 is 0 Å². The molecule has 0 N–H and O–H groups in total. The van der Waals surface area contributed by atoms with Crippen molar-refractivity contribution in [2.24, 2.45) is 0 Å². The molecule has 0 saturated carbocycles. The van der Waals surface area contributed by atoms with Gasteiger partial charge in [-0.2, -0.15) is 0 Å². The summed E-state index contributed by atoms with van der Waals surface area (Å²) in [6.45, 7) is 0.480. The maximum absolute atomic E-state index is 6.21. The Hall–Kier alpha value is -5.68. The smallest absolute Gasteiger partial charge is 0.164 e. The number of fused-ring (bicyclic) bond motifs is 1. The molecule has 0 amide bonds. The Balaban J connectivity index is 1.28. The topological polar surface area (TPSA) is 60.8 Å². The largest absolute Gasteiger partial charge is 0.487 e. The van der Waals surface area contributed by atoms with Crippen molar-refractivity contribution in [3.05, 3.63) is 151 Å². The molecule has 42 heavy (non-hydrogen) atoms. The molecule has 0 spiro atoms. The van der Waals surface area contributed by atoms with E-state index in [2.05, 4.69) is 36.4 Å². The molecule has 2 aromatic heterocycles. The monoisotopic (exact) mass is 542 g/mol. The highest BCUT2D eigenvalue weighted by atomic mass is 16.5. The number of pyridine rings is 1. The number of rotatable bonds is 7. The van der Waals surface area contributed by atoms with Crippen molar-refractivity contribution in [2.45, 2.75) is 6.61 Å². The summed E-state index contributed by atoms with van der Waals surface area (Å²) in [5.74, 6) is 2.63. The van der Waals surface area contributed by atoms with Crippen molar-refractivity contribution >= 4 is 10.9 Å². The first kappa shape index (κ1) is 25.3. The number of benzene rings is 5. The zero-order chi connectivity index (χ0) is 28.1. The fourth-order valence-corrected chi connectivity index (χ4v) is 4.89. The molecule has 0 unspecified atom stereocenters. The fraction of sp³-hybridized carbons (Fsp3) is 0.0270. The summed E-state index contributed by atoms with van der Waals surface area (Å²) in [5, 5.41) is 1.03. The van der Waals surface area contributed by atoms with Crippen molar-refractivity contribution in [3.63, 3.8) is 0 Å². The number of aromatic nitrogens is 4. The maximum atomic E-state index is 6.21. The van der Waals surface area contributed by atoms with Gasteiger partial charge in [-0.25, -0.2) is 19.9 Å². The van der Waals surface area contributed by atoms with Gasteiger partial charge in [0.05, 0.1) is 5.69 Å². The molecule has 200 valence electrons. The van der Waals surface area contributed by atoms with Gasteiger partial charge in [0.25, 0.3) is 0 Å². The molecule has 2 heterocycles. The molecule has 0 atom stereocenters. The Kier molecular flexibility index (Phi) is 6.89. The molecular formula is C37H26N4O. The highest BCUT2D eigenvalue weighted by Gasteiger charge is 2.14. The third-order valence-corrected chi connectivity index (χ3v) is 7.04. The number of ether oxygens (including phenoxy) is 1. The Morgan fingerprint density at radius 3 is 1.64 bits per heavy atom. The van der Waals surface area contributed by atoms with E-state index in [9.17, 15) is 0 Å². The van der Waals surface area contributed by atoms with Crippen LogP contribution in [0.5, 0.6) is 5.75 Å². The molecule has 0 bridgehead atoms. The van der Waals surface area contributed by atoms with Crippen LogP contribution < -0.4 is 4.74 Å². The first-order valence-electron chi connectivity index (χ1n) is 13.8. The van der Waals surface area contributed by atoms with Gasteiger partial charge in [0.15, 0.2) is 17.5 Å². The van der Waals surface area contributed by atoms with Crippen LogP contribution in [0.3, 0.4) is 0 Å². The average molecular weight is 543 g/mol. The summed E-state index contributed by atoms with van der Waals surface area (Å²) in [6.07, 6.45) is 0. The number of para-hydroxylation sites is 1. The molecule has 0 aliphatic heterocycles. The van der Waals surface area contributed by atoms with E-state index in [1.165, 1.54) is 0 Å².